The van der Waals surface area contributed by atoms with Gasteiger partial charge in [-0.1, -0.05) is 13.0 Å². The number of carbonyl (C=O) groups is 1. The maximum atomic E-state index is 12.0. The fourth-order valence-corrected chi connectivity index (χ4v) is 3.30. The lowest BCUT2D eigenvalue weighted by Gasteiger charge is -2.43. The van der Waals surface area contributed by atoms with E-state index < -0.39 is 11.5 Å². The summed E-state index contributed by atoms with van der Waals surface area (Å²) < 4.78 is 6.12. The van der Waals surface area contributed by atoms with Crippen molar-refractivity contribution >= 4 is 5.91 Å². The molecule has 4 nitrogen and oxygen atoms in total. The first-order valence-corrected chi connectivity index (χ1v) is 7.41. The van der Waals surface area contributed by atoms with Crippen molar-refractivity contribution in [3.63, 3.8) is 0 Å². The van der Waals surface area contributed by atoms with Gasteiger partial charge in [0.05, 0.1) is 0 Å². The van der Waals surface area contributed by atoms with Gasteiger partial charge in [-0.05, 0) is 62.3 Å². The number of primary amides is 1. The summed E-state index contributed by atoms with van der Waals surface area (Å²) in [6.07, 6.45) is 0.698. The van der Waals surface area contributed by atoms with Crippen LogP contribution in [0.4, 0.5) is 0 Å². The molecule has 0 saturated carbocycles. The maximum absolute atomic E-state index is 12.0. The number of ether oxygens (including phenoxy) is 1. The highest BCUT2D eigenvalue weighted by atomic mass is 16.5. The predicted octanol–water partition coefficient (Wildman–Crippen LogP) is 2.04. The number of carbonyl (C=O) groups excluding carboxylic acids is 1. The summed E-state index contributed by atoms with van der Waals surface area (Å²) >= 11 is 0. The molecule has 3 atom stereocenters. The summed E-state index contributed by atoms with van der Waals surface area (Å²) in [5, 5.41) is 9.51. The van der Waals surface area contributed by atoms with Gasteiger partial charge in [0.2, 0.25) is 0 Å². The summed E-state index contributed by atoms with van der Waals surface area (Å²) in [7, 11) is 0. The van der Waals surface area contributed by atoms with Crippen molar-refractivity contribution < 1.29 is 14.6 Å². The number of aliphatic hydroxyl groups excluding tert-OH is 1. The fourth-order valence-electron chi connectivity index (χ4n) is 3.30. The van der Waals surface area contributed by atoms with Crippen LogP contribution in [0.25, 0.3) is 0 Å². The second-order valence-electron chi connectivity index (χ2n) is 6.49. The lowest BCUT2D eigenvalue weighted by atomic mass is 9.72. The molecule has 0 bridgehead atoms. The van der Waals surface area contributed by atoms with Crippen molar-refractivity contribution in [2.75, 3.05) is 6.61 Å². The first kappa shape index (κ1) is 15.8. The van der Waals surface area contributed by atoms with Gasteiger partial charge in [0.25, 0.3) is 5.91 Å². The number of amides is 1. The first-order valence-electron chi connectivity index (χ1n) is 7.41. The third kappa shape index (κ3) is 2.42. The van der Waals surface area contributed by atoms with Crippen LogP contribution in [-0.2, 0) is 11.2 Å². The molecule has 21 heavy (non-hydrogen) atoms. The minimum atomic E-state index is -1.08. The van der Waals surface area contributed by atoms with E-state index in [2.05, 4.69) is 13.0 Å². The number of nitrogens with two attached hydrogens (primary N) is 1. The molecule has 0 spiro atoms. The minimum Gasteiger partial charge on any atom is -0.477 e. The van der Waals surface area contributed by atoms with Crippen LogP contribution >= 0.6 is 0 Å². The summed E-state index contributed by atoms with van der Waals surface area (Å²) in [5.74, 6) is 0.122. The Hall–Kier alpha value is -1.55. The zero-order valence-corrected chi connectivity index (χ0v) is 13.5. The van der Waals surface area contributed by atoms with Gasteiger partial charge in [-0.2, -0.15) is 0 Å². The number of rotatable bonds is 3. The molecule has 1 aromatic rings. The number of aliphatic hydroxyl groups is 1. The smallest absolute Gasteiger partial charge is 0.261 e. The van der Waals surface area contributed by atoms with E-state index in [9.17, 15) is 9.90 Å². The highest BCUT2D eigenvalue weighted by Crippen LogP contribution is 2.44. The molecular formula is C17H25NO3. The van der Waals surface area contributed by atoms with Gasteiger partial charge in [0.1, 0.15) is 5.75 Å². The quantitative estimate of drug-likeness (QED) is 0.895. The van der Waals surface area contributed by atoms with Gasteiger partial charge < -0.3 is 15.6 Å². The molecule has 4 heteroatoms. The first-order chi connectivity index (χ1) is 9.72. The van der Waals surface area contributed by atoms with Crippen LogP contribution in [0.5, 0.6) is 5.75 Å². The van der Waals surface area contributed by atoms with E-state index in [4.69, 9.17) is 10.5 Å². The van der Waals surface area contributed by atoms with E-state index in [0.717, 1.165) is 28.0 Å². The van der Waals surface area contributed by atoms with Gasteiger partial charge in [0.15, 0.2) is 5.60 Å². The zero-order chi connectivity index (χ0) is 15.9. The Morgan fingerprint density at radius 3 is 2.62 bits per heavy atom. The molecule has 3 N–H and O–H groups in total. The normalized spacial score (nSPS) is 25.9. The van der Waals surface area contributed by atoms with Crippen molar-refractivity contribution in [3.8, 4) is 5.75 Å². The van der Waals surface area contributed by atoms with Gasteiger partial charge in [-0.25, -0.2) is 0 Å². The number of hydrogen-bond acceptors (Lipinski definition) is 3. The van der Waals surface area contributed by atoms with E-state index in [1.165, 1.54) is 0 Å². The minimum absolute atomic E-state index is 0.0100. The molecule has 0 radical (unpaired) electrons. The van der Waals surface area contributed by atoms with Crippen LogP contribution in [-0.4, -0.2) is 23.2 Å². The Morgan fingerprint density at radius 2 is 2.10 bits per heavy atom. The molecule has 2 rings (SSSR count). The van der Waals surface area contributed by atoms with E-state index in [0.29, 0.717) is 6.42 Å². The highest BCUT2D eigenvalue weighted by Gasteiger charge is 2.48. The molecule has 2 unspecified atom stereocenters. The molecule has 1 aliphatic heterocycles. The van der Waals surface area contributed by atoms with Crippen molar-refractivity contribution in [2.45, 2.75) is 46.6 Å². The summed E-state index contributed by atoms with van der Waals surface area (Å²) in [6, 6.07) is 2.14. The maximum Gasteiger partial charge on any atom is 0.261 e. The van der Waals surface area contributed by atoms with Crippen LogP contribution in [0.1, 0.15) is 36.1 Å². The summed E-state index contributed by atoms with van der Waals surface area (Å²) in [6.45, 7) is 9.78. The Kier molecular flexibility index (Phi) is 4.02. The number of hydrogen-bond donors (Lipinski definition) is 2. The average Bonchev–Trinajstić information content (AvgIpc) is 2.43. The summed E-state index contributed by atoms with van der Waals surface area (Å²) in [5.41, 5.74) is 9.03. The topological polar surface area (TPSA) is 72.5 Å². The van der Waals surface area contributed by atoms with E-state index in [1.54, 1.807) is 6.92 Å². The monoisotopic (exact) mass is 291 g/mol. The summed E-state index contributed by atoms with van der Waals surface area (Å²) in [4.78, 5) is 12.0. The molecule has 0 aliphatic carbocycles. The van der Waals surface area contributed by atoms with Gasteiger partial charge in [0, 0.05) is 12.5 Å². The Balaban J connectivity index is 2.61. The van der Waals surface area contributed by atoms with Crippen molar-refractivity contribution in [1.82, 2.24) is 0 Å². The Labute approximate surface area is 126 Å². The van der Waals surface area contributed by atoms with Gasteiger partial charge >= 0.3 is 0 Å². The molecular weight excluding hydrogens is 266 g/mol. The Bertz CT molecular complexity index is 582. The fraction of sp³-hybridized carbons (Fsp3) is 0.588. The molecule has 116 valence electrons. The molecule has 1 aromatic carbocycles. The molecule has 1 amide bonds. The molecule has 1 heterocycles. The van der Waals surface area contributed by atoms with E-state index in [1.807, 2.05) is 20.8 Å². The second kappa shape index (κ2) is 5.34. The SMILES string of the molecule is Cc1cc(C)c2c(c1C)OC(C)(C(N)=O)C([C@@H](C)CO)C2. The van der Waals surface area contributed by atoms with E-state index >= 15 is 0 Å². The lowest BCUT2D eigenvalue weighted by molar-refractivity contribution is -0.141. The van der Waals surface area contributed by atoms with Crippen molar-refractivity contribution in [3.05, 3.63) is 28.3 Å². The van der Waals surface area contributed by atoms with Crippen LogP contribution < -0.4 is 10.5 Å². The lowest BCUT2D eigenvalue weighted by Crippen LogP contribution is -2.57. The predicted molar refractivity (Wildman–Crippen MR) is 82.3 cm³/mol. The van der Waals surface area contributed by atoms with Crippen LogP contribution in [0.15, 0.2) is 6.07 Å². The Morgan fingerprint density at radius 1 is 1.48 bits per heavy atom. The van der Waals surface area contributed by atoms with Crippen LogP contribution in [0.3, 0.4) is 0 Å². The standard InChI is InChI=1S/C17H25NO3/c1-9-6-10(2)13-7-14(11(3)8-19)17(5,16(18)20)21-15(13)12(9)4/h6,11,14,19H,7-8H2,1-5H3,(H2,18,20)/t11-,14?,17?/m0/s1. The van der Waals surface area contributed by atoms with Crippen molar-refractivity contribution in [2.24, 2.45) is 17.6 Å². The number of aryl methyl sites for hydroxylation is 2. The van der Waals surface area contributed by atoms with Gasteiger partial charge in [-0.15, -0.1) is 0 Å². The average molecular weight is 291 g/mol. The van der Waals surface area contributed by atoms with E-state index in [-0.39, 0.29) is 18.4 Å². The highest BCUT2D eigenvalue weighted by molar-refractivity contribution is 5.84. The van der Waals surface area contributed by atoms with Gasteiger partial charge in [-0.3, -0.25) is 4.79 Å². The third-order valence-corrected chi connectivity index (χ3v) is 5.03. The molecule has 0 fully saturated rings. The van der Waals surface area contributed by atoms with Crippen molar-refractivity contribution in [1.29, 1.82) is 0 Å². The molecule has 0 aromatic heterocycles. The van der Waals surface area contributed by atoms with Crippen LogP contribution in [0, 0.1) is 32.6 Å². The number of fused-ring (bicyclic) bond motifs is 1. The third-order valence-electron chi connectivity index (χ3n) is 5.03. The molecule has 0 saturated heterocycles. The zero-order valence-electron chi connectivity index (χ0n) is 13.5. The molecule has 1 aliphatic rings. The second-order valence-corrected chi connectivity index (χ2v) is 6.49. The van der Waals surface area contributed by atoms with Crippen LogP contribution in [0.2, 0.25) is 0 Å². The largest absolute Gasteiger partial charge is 0.477 e. The number of benzene rings is 1.